The molecule has 164 valence electrons. The molecule has 0 aromatic heterocycles. The summed E-state index contributed by atoms with van der Waals surface area (Å²) < 4.78 is 34.4. The highest BCUT2D eigenvalue weighted by molar-refractivity contribution is 7.89. The summed E-state index contributed by atoms with van der Waals surface area (Å²) in [5.41, 5.74) is 2.46. The molecule has 0 heterocycles. The Balaban J connectivity index is 1.73. The van der Waals surface area contributed by atoms with Crippen LogP contribution in [0.25, 0.3) is 0 Å². The zero-order valence-corrected chi connectivity index (χ0v) is 19.1. The van der Waals surface area contributed by atoms with Crippen molar-refractivity contribution in [2.45, 2.75) is 25.0 Å². The maximum atomic E-state index is 11.4. The highest BCUT2D eigenvalue weighted by Gasteiger charge is 2.12. The van der Waals surface area contributed by atoms with E-state index in [1.54, 1.807) is 24.3 Å². The fraction of sp³-hybridized carbons (Fsp3) is 0.182. The first kappa shape index (κ1) is 23.2. The average molecular weight is 481 g/mol. The Morgan fingerprint density at radius 1 is 0.968 bits per heavy atom. The second kappa shape index (κ2) is 10.2. The van der Waals surface area contributed by atoms with Gasteiger partial charge in [0.25, 0.3) is 0 Å². The van der Waals surface area contributed by atoms with Crippen molar-refractivity contribution in [3.05, 3.63) is 81.8 Å². The minimum atomic E-state index is -3.72. The third-order valence-electron chi connectivity index (χ3n) is 4.36. The van der Waals surface area contributed by atoms with Gasteiger partial charge < -0.3 is 14.8 Å². The van der Waals surface area contributed by atoms with E-state index >= 15 is 0 Å². The highest BCUT2D eigenvalue weighted by atomic mass is 35.5. The summed E-state index contributed by atoms with van der Waals surface area (Å²) in [6, 6.07) is 17.1. The van der Waals surface area contributed by atoms with Crippen LogP contribution in [0.5, 0.6) is 11.5 Å². The number of hydrogen-bond donors (Lipinski definition) is 2. The Bertz CT molecular complexity index is 1150. The third kappa shape index (κ3) is 6.51. The van der Waals surface area contributed by atoms with Crippen LogP contribution in [0.2, 0.25) is 10.0 Å². The van der Waals surface area contributed by atoms with Gasteiger partial charge in [-0.1, -0.05) is 35.3 Å². The van der Waals surface area contributed by atoms with Crippen LogP contribution in [0.1, 0.15) is 18.1 Å². The highest BCUT2D eigenvalue weighted by Crippen LogP contribution is 2.34. The quantitative estimate of drug-likeness (QED) is 0.437. The van der Waals surface area contributed by atoms with Gasteiger partial charge in [-0.2, -0.15) is 0 Å². The molecule has 3 aromatic carbocycles. The van der Waals surface area contributed by atoms with Gasteiger partial charge in [0.05, 0.1) is 11.5 Å². The maximum Gasteiger partial charge on any atom is 0.238 e. The van der Waals surface area contributed by atoms with Crippen molar-refractivity contribution >= 4 is 38.9 Å². The molecule has 0 fully saturated rings. The van der Waals surface area contributed by atoms with E-state index in [1.165, 1.54) is 12.1 Å². The van der Waals surface area contributed by atoms with Crippen molar-refractivity contribution in [2.24, 2.45) is 5.14 Å². The standard InChI is InChI=1S/C22H22Cl2N2O4S/c1-2-29-21-11-16(13-26-18-6-8-19(9-7-18)31(25,27)28)20(24)12-22(21)30-14-15-4-3-5-17(23)10-15/h3-12,26H,2,13-14H2,1H3,(H2,25,27,28). The summed E-state index contributed by atoms with van der Waals surface area (Å²) in [5, 5.41) is 9.48. The first-order valence-corrected chi connectivity index (χ1v) is 11.8. The molecule has 3 rings (SSSR count). The number of nitrogens with one attached hydrogen (secondary N) is 1. The van der Waals surface area contributed by atoms with E-state index < -0.39 is 10.0 Å². The molecule has 0 spiro atoms. The van der Waals surface area contributed by atoms with Gasteiger partial charge >= 0.3 is 0 Å². The number of benzene rings is 3. The van der Waals surface area contributed by atoms with Crippen LogP contribution >= 0.6 is 23.2 Å². The molecule has 0 bridgehead atoms. The Morgan fingerprint density at radius 2 is 1.68 bits per heavy atom. The van der Waals surface area contributed by atoms with Gasteiger partial charge in [0.2, 0.25) is 10.0 Å². The Hall–Kier alpha value is -2.45. The van der Waals surface area contributed by atoms with Crippen molar-refractivity contribution in [3.8, 4) is 11.5 Å². The van der Waals surface area contributed by atoms with Crippen molar-refractivity contribution < 1.29 is 17.9 Å². The third-order valence-corrected chi connectivity index (χ3v) is 5.88. The number of hydrogen-bond acceptors (Lipinski definition) is 5. The molecule has 9 heteroatoms. The second-order valence-corrected chi connectivity index (χ2v) is 9.07. The van der Waals surface area contributed by atoms with Gasteiger partial charge in [0, 0.05) is 28.3 Å². The minimum Gasteiger partial charge on any atom is -0.490 e. The molecule has 6 nitrogen and oxygen atoms in total. The molecule has 3 aromatic rings. The van der Waals surface area contributed by atoms with Crippen molar-refractivity contribution in [2.75, 3.05) is 11.9 Å². The molecule has 0 saturated heterocycles. The second-order valence-electron chi connectivity index (χ2n) is 6.66. The van der Waals surface area contributed by atoms with E-state index in [-0.39, 0.29) is 4.90 Å². The fourth-order valence-corrected chi connectivity index (χ4v) is 3.79. The zero-order chi connectivity index (χ0) is 22.4. The predicted octanol–water partition coefficient (Wildman–Crippen LogP) is 5.23. The van der Waals surface area contributed by atoms with Crippen LogP contribution in [0.15, 0.2) is 65.6 Å². The van der Waals surface area contributed by atoms with E-state index in [0.717, 1.165) is 16.8 Å². The van der Waals surface area contributed by atoms with Gasteiger partial charge in [-0.05, 0) is 60.5 Å². The molecule has 0 radical (unpaired) electrons. The van der Waals surface area contributed by atoms with E-state index in [9.17, 15) is 8.42 Å². The zero-order valence-electron chi connectivity index (χ0n) is 16.8. The molecule has 31 heavy (non-hydrogen) atoms. The molecule has 0 aliphatic rings. The van der Waals surface area contributed by atoms with Gasteiger partial charge in [0.15, 0.2) is 11.5 Å². The number of anilines is 1. The van der Waals surface area contributed by atoms with Gasteiger partial charge in [-0.3, -0.25) is 0 Å². The summed E-state index contributed by atoms with van der Waals surface area (Å²) in [6.45, 7) is 3.09. The minimum absolute atomic E-state index is 0.0518. The number of nitrogens with two attached hydrogens (primary N) is 1. The smallest absolute Gasteiger partial charge is 0.238 e. The lowest BCUT2D eigenvalue weighted by Crippen LogP contribution is -2.12. The van der Waals surface area contributed by atoms with Crippen LogP contribution in [0.3, 0.4) is 0 Å². The van der Waals surface area contributed by atoms with Crippen molar-refractivity contribution in [1.82, 2.24) is 0 Å². The summed E-state index contributed by atoms with van der Waals surface area (Å²) in [7, 11) is -3.72. The molecular weight excluding hydrogens is 459 g/mol. The van der Waals surface area contributed by atoms with Crippen molar-refractivity contribution in [1.29, 1.82) is 0 Å². The van der Waals surface area contributed by atoms with Crippen LogP contribution in [-0.4, -0.2) is 15.0 Å². The topological polar surface area (TPSA) is 90.6 Å². The number of ether oxygens (including phenoxy) is 2. The van der Waals surface area contributed by atoms with Crippen LogP contribution in [0, 0.1) is 0 Å². The summed E-state index contributed by atoms with van der Waals surface area (Å²) in [4.78, 5) is 0.0518. The van der Waals surface area contributed by atoms with E-state index in [0.29, 0.717) is 41.3 Å². The first-order chi connectivity index (χ1) is 14.8. The summed E-state index contributed by atoms with van der Waals surface area (Å²) in [6.07, 6.45) is 0. The van der Waals surface area contributed by atoms with Crippen LogP contribution < -0.4 is 19.9 Å². The molecule has 0 amide bonds. The SMILES string of the molecule is CCOc1cc(CNc2ccc(S(N)(=O)=O)cc2)c(Cl)cc1OCc1cccc(Cl)c1. The Kier molecular flexibility index (Phi) is 7.67. The lowest BCUT2D eigenvalue weighted by molar-refractivity contribution is 0.269. The van der Waals surface area contributed by atoms with Gasteiger partial charge in [-0.25, -0.2) is 13.6 Å². The maximum absolute atomic E-state index is 11.4. The monoisotopic (exact) mass is 480 g/mol. The predicted molar refractivity (Wildman–Crippen MR) is 124 cm³/mol. The van der Waals surface area contributed by atoms with Crippen LogP contribution in [0.4, 0.5) is 5.69 Å². The Labute approximate surface area is 191 Å². The van der Waals surface area contributed by atoms with Gasteiger partial charge in [-0.15, -0.1) is 0 Å². The average Bonchev–Trinajstić information content (AvgIpc) is 2.72. The number of rotatable bonds is 9. The van der Waals surface area contributed by atoms with E-state index in [4.69, 9.17) is 37.8 Å². The van der Waals surface area contributed by atoms with E-state index in [2.05, 4.69) is 5.32 Å². The van der Waals surface area contributed by atoms with E-state index in [1.807, 2.05) is 31.2 Å². The molecule has 0 saturated carbocycles. The molecule has 3 N–H and O–H groups in total. The van der Waals surface area contributed by atoms with Crippen LogP contribution in [-0.2, 0) is 23.2 Å². The molecular formula is C22H22Cl2N2O4S. The largest absolute Gasteiger partial charge is 0.490 e. The number of halogens is 2. The van der Waals surface area contributed by atoms with Crippen molar-refractivity contribution in [3.63, 3.8) is 0 Å². The Morgan fingerprint density at radius 3 is 2.32 bits per heavy atom. The number of primary sulfonamides is 1. The number of sulfonamides is 1. The summed E-state index contributed by atoms with van der Waals surface area (Å²) in [5.74, 6) is 1.11. The molecule has 0 aliphatic heterocycles. The fourth-order valence-electron chi connectivity index (χ4n) is 2.84. The molecule has 0 unspecified atom stereocenters. The molecule has 0 aliphatic carbocycles. The lowest BCUT2D eigenvalue weighted by atomic mass is 10.2. The first-order valence-electron chi connectivity index (χ1n) is 9.45. The molecule has 0 atom stereocenters. The lowest BCUT2D eigenvalue weighted by Gasteiger charge is -2.16. The van der Waals surface area contributed by atoms with Gasteiger partial charge in [0.1, 0.15) is 6.61 Å². The normalized spacial score (nSPS) is 11.2. The summed E-state index contributed by atoms with van der Waals surface area (Å²) >= 11 is 12.5.